The van der Waals surface area contributed by atoms with Crippen molar-refractivity contribution in [3.8, 4) is 0 Å². The third kappa shape index (κ3) is 3.40. The molecule has 2 rings (SSSR count). The first kappa shape index (κ1) is 18.2. The molecule has 1 atom stereocenters. The van der Waals surface area contributed by atoms with E-state index < -0.39 is 0 Å². The number of halogens is 4. The standard InChI is InChI=1S/C8H6BrS.3ClH.Zr/c1-5-2-6-7(9)4-10-8(6)3-5;;;;/h2-3,8H,1H3;3*1H;/q;;;;+3/p-3. The van der Waals surface area contributed by atoms with Gasteiger partial charge in [-0.25, -0.2) is 0 Å². The van der Waals surface area contributed by atoms with Crippen LogP contribution in [0.15, 0.2) is 30.4 Å². The van der Waals surface area contributed by atoms with Crippen molar-refractivity contribution < 1.29 is 61.9 Å². The molecule has 0 aromatic heterocycles. The number of allylic oxidation sites excluding steroid dienone is 3. The Morgan fingerprint density at radius 1 is 1.36 bits per heavy atom. The van der Waals surface area contributed by atoms with E-state index in [1.165, 1.54) is 43.0 Å². The predicted octanol–water partition coefficient (Wildman–Crippen LogP) is -5.89. The van der Waals surface area contributed by atoms with Crippen LogP contribution >= 0.6 is 27.7 Å². The molecule has 0 fully saturated rings. The zero-order valence-corrected chi connectivity index (χ0v) is 14.3. The van der Waals surface area contributed by atoms with Gasteiger partial charge in [-0.2, -0.15) is 0 Å². The van der Waals surface area contributed by atoms with Gasteiger partial charge in [0, 0.05) is 0 Å². The van der Waals surface area contributed by atoms with Gasteiger partial charge < -0.3 is 37.2 Å². The summed E-state index contributed by atoms with van der Waals surface area (Å²) in [5.41, 5.74) is 2.87. The van der Waals surface area contributed by atoms with E-state index in [4.69, 9.17) is 0 Å². The SMILES string of the molecule is CC1=CC2S[C]([Zr+3])=C(Br)C2=C1.[Cl-].[Cl-].[Cl-]. The molecule has 0 saturated carbocycles. The largest absolute Gasteiger partial charge is 1.00 e. The second kappa shape index (κ2) is 7.19. The number of fused-ring (bicyclic) bond motifs is 1. The average Bonchev–Trinajstić information content (AvgIpc) is 2.37. The summed E-state index contributed by atoms with van der Waals surface area (Å²) in [6.07, 6.45) is 4.61. The summed E-state index contributed by atoms with van der Waals surface area (Å²) >= 11 is 7.11. The van der Waals surface area contributed by atoms with Crippen molar-refractivity contribution in [3.63, 3.8) is 0 Å². The van der Waals surface area contributed by atoms with E-state index in [9.17, 15) is 0 Å². The molecule has 1 aliphatic heterocycles. The molecule has 0 bridgehead atoms. The minimum absolute atomic E-state index is 0. The van der Waals surface area contributed by atoms with E-state index in [1.807, 2.05) is 11.8 Å². The van der Waals surface area contributed by atoms with Gasteiger partial charge in [-0.05, 0) is 0 Å². The zero-order valence-electron chi connectivity index (χ0n) is 7.15. The molecule has 6 heteroatoms. The van der Waals surface area contributed by atoms with E-state index in [0.717, 1.165) is 0 Å². The predicted molar refractivity (Wildman–Crippen MR) is 49.2 cm³/mol. The number of hydrogen-bond donors (Lipinski definition) is 0. The molecule has 1 unspecified atom stereocenters. The molecule has 1 aliphatic carbocycles. The maximum atomic E-state index is 3.62. The Morgan fingerprint density at radius 2 is 1.93 bits per heavy atom. The van der Waals surface area contributed by atoms with E-state index in [-0.39, 0.29) is 37.2 Å². The van der Waals surface area contributed by atoms with Gasteiger partial charge in [-0.3, -0.25) is 0 Å². The van der Waals surface area contributed by atoms with Crippen LogP contribution in [0, 0.1) is 0 Å². The maximum Gasteiger partial charge on any atom is -1.00 e. The Bertz CT molecular complexity index is 312. The zero-order chi connectivity index (χ0) is 8.01. The van der Waals surface area contributed by atoms with Gasteiger partial charge in [0.25, 0.3) is 0 Å². The molecule has 0 spiro atoms. The van der Waals surface area contributed by atoms with Gasteiger partial charge in [-0.1, -0.05) is 0 Å². The van der Waals surface area contributed by atoms with Crippen LogP contribution in [0.5, 0.6) is 0 Å². The molecule has 0 N–H and O–H groups in total. The van der Waals surface area contributed by atoms with Crippen molar-refractivity contribution in [1.82, 2.24) is 0 Å². The molecule has 14 heavy (non-hydrogen) atoms. The first-order chi connectivity index (χ1) is 5.18. The van der Waals surface area contributed by atoms with Crippen molar-refractivity contribution in [2.45, 2.75) is 12.2 Å². The molecule has 0 saturated heterocycles. The third-order valence-corrected chi connectivity index (χ3v) is 6.39. The molecule has 1 heterocycles. The van der Waals surface area contributed by atoms with Crippen molar-refractivity contribution in [1.29, 1.82) is 0 Å². The quantitative estimate of drug-likeness (QED) is 0.383. The molecule has 0 radical (unpaired) electrons. The van der Waals surface area contributed by atoms with Gasteiger partial charge in [0.15, 0.2) is 0 Å². The Kier molecular flexibility index (Phi) is 9.34. The van der Waals surface area contributed by atoms with Gasteiger partial charge in [0.2, 0.25) is 0 Å². The third-order valence-electron chi connectivity index (χ3n) is 1.80. The minimum Gasteiger partial charge on any atom is -1.00 e. The van der Waals surface area contributed by atoms with Crippen molar-refractivity contribution in [3.05, 3.63) is 30.4 Å². The molecule has 0 nitrogen and oxygen atoms in total. The molecule has 0 aromatic rings. The van der Waals surface area contributed by atoms with Crippen molar-refractivity contribution in [2.75, 3.05) is 0 Å². The van der Waals surface area contributed by atoms with Gasteiger partial charge >= 0.3 is 95.0 Å². The average molecular weight is 412 g/mol. The second-order valence-electron chi connectivity index (χ2n) is 2.69. The van der Waals surface area contributed by atoms with Crippen LogP contribution in [-0.2, 0) is 24.7 Å². The number of rotatable bonds is 0. The van der Waals surface area contributed by atoms with Crippen LogP contribution in [0.1, 0.15) is 6.92 Å². The molecule has 0 amide bonds. The summed E-state index contributed by atoms with van der Waals surface area (Å²) in [4.78, 5) is 0. The summed E-state index contributed by atoms with van der Waals surface area (Å²) in [7, 11) is 0. The van der Waals surface area contributed by atoms with Gasteiger partial charge in [0.1, 0.15) is 0 Å². The summed E-state index contributed by atoms with van der Waals surface area (Å²) in [6, 6.07) is 0. The van der Waals surface area contributed by atoms with Crippen LogP contribution < -0.4 is 37.2 Å². The summed E-state index contributed by atoms with van der Waals surface area (Å²) < 4.78 is 2.84. The smallest absolute Gasteiger partial charge is 1.00 e. The fourth-order valence-corrected chi connectivity index (χ4v) is 4.45. The second-order valence-corrected chi connectivity index (χ2v) is 6.76. The van der Waals surface area contributed by atoms with Crippen LogP contribution in [0.25, 0.3) is 0 Å². The van der Waals surface area contributed by atoms with Crippen LogP contribution in [0.2, 0.25) is 0 Å². The molecular weight excluding hydrogens is 406 g/mol. The van der Waals surface area contributed by atoms with E-state index in [2.05, 4.69) is 35.0 Å². The van der Waals surface area contributed by atoms with E-state index in [0.29, 0.717) is 5.25 Å². The van der Waals surface area contributed by atoms with Gasteiger partial charge in [0.05, 0.1) is 0 Å². The molecule has 2 aliphatic rings. The van der Waals surface area contributed by atoms with E-state index >= 15 is 0 Å². The summed E-state index contributed by atoms with van der Waals surface area (Å²) in [6.45, 7) is 2.16. The summed E-state index contributed by atoms with van der Waals surface area (Å²) in [5, 5.41) is 0.624. The Morgan fingerprint density at radius 3 is 2.43 bits per heavy atom. The Balaban J connectivity index is 0. The van der Waals surface area contributed by atoms with E-state index in [1.54, 1.807) is 0 Å². The fourth-order valence-electron chi connectivity index (χ4n) is 1.30. The van der Waals surface area contributed by atoms with Gasteiger partial charge in [-0.15, -0.1) is 0 Å². The maximum absolute atomic E-state index is 3.62. The first-order valence-corrected chi connectivity index (χ1v) is 6.27. The van der Waals surface area contributed by atoms with Crippen molar-refractivity contribution >= 4 is 27.7 Å². The normalized spacial score (nSPS) is 22.7. The van der Waals surface area contributed by atoms with Crippen molar-refractivity contribution in [2.24, 2.45) is 0 Å². The number of thioether (sulfide) groups is 1. The van der Waals surface area contributed by atoms with Crippen LogP contribution in [-0.4, -0.2) is 5.25 Å². The Labute approximate surface area is 131 Å². The monoisotopic (exact) mass is 408 g/mol. The molecule has 76 valence electrons. The molecule has 0 aromatic carbocycles. The number of hydrogen-bond acceptors (Lipinski definition) is 1. The van der Waals surface area contributed by atoms with Crippen LogP contribution in [0.4, 0.5) is 0 Å². The van der Waals surface area contributed by atoms with Crippen LogP contribution in [0.3, 0.4) is 0 Å². The topological polar surface area (TPSA) is 0 Å². The first-order valence-electron chi connectivity index (χ1n) is 3.37. The Hall–Kier alpha value is 1.80. The molecular formula is C8H6BrCl3SZr. The summed E-state index contributed by atoms with van der Waals surface area (Å²) in [5.74, 6) is 0. The minimum atomic E-state index is 0. The fraction of sp³-hybridized carbons (Fsp3) is 0.250.